The van der Waals surface area contributed by atoms with Crippen LogP contribution in [0.15, 0.2) is 0 Å². The third-order valence-electron chi connectivity index (χ3n) is 3.63. The van der Waals surface area contributed by atoms with Gasteiger partial charge in [-0.15, -0.1) is 0 Å². The molecule has 2 bridgehead atoms. The van der Waals surface area contributed by atoms with Crippen LogP contribution >= 0.6 is 0 Å². The molecule has 2 atom stereocenters. The Hall–Kier alpha value is -0.550. The van der Waals surface area contributed by atoms with Crippen molar-refractivity contribution < 1.29 is 0 Å². The van der Waals surface area contributed by atoms with Crippen LogP contribution in [0.25, 0.3) is 0 Å². The van der Waals surface area contributed by atoms with E-state index in [1.807, 2.05) is 0 Å². The predicted molar refractivity (Wildman–Crippen MR) is 47.5 cm³/mol. The fraction of sp³-hybridized carbons (Fsp3) is 0.900. The largest absolute Gasteiger partial charge is 0.300 e. The predicted octanol–water partition coefficient (Wildman–Crippen LogP) is 1.77. The van der Waals surface area contributed by atoms with Crippen LogP contribution < -0.4 is 0 Å². The minimum atomic E-state index is -0.0294. The summed E-state index contributed by atoms with van der Waals surface area (Å²) in [6.07, 6.45) is 4.77. The van der Waals surface area contributed by atoms with Crippen molar-refractivity contribution in [3.63, 3.8) is 0 Å². The summed E-state index contributed by atoms with van der Waals surface area (Å²) >= 11 is 0. The molecule has 2 saturated heterocycles. The molecular formula is C10H16N2. The molecule has 2 nitrogen and oxygen atoms in total. The summed E-state index contributed by atoms with van der Waals surface area (Å²) in [5.41, 5.74) is -0.0294. The van der Waals surface area contributed by atoms with Crippen molar-refractivity contribution >= 4 is 0 Å². The number of nitriles is 1. The molecule has 0 aromatic heterocycles. The Morgan fingerprint density at radius 2 is 1.83 bits per heavy atom. The van der Waals surface area contributed by atoms with E-state index in [1.165, 1.54) is 12.8 Å². The van der Waals surface area contributed by atoms with Crippen LogP contribution in [0.5, 0.6) is 0 Å². The van der Waals surface area contributed by atoms with E-state index in [4.69, 9.17) is 5.26 Å². The third kappa shape index (κ3) is 1.04. The second-order valence-corrected chi connectivity index (χ2v) is 4.63. The van der Waals surface area contributed by atoms with Gasteiger partial charge in [0.1, 0.15) is 0 Å². The summed E-state index contributed by atoms with van der Waals surface area (Å²) in [6, 6.07) is 3.85. The third-order valence-corrected chi connectivity index (χ3v) is 3.63. The highest BCUT2D eigenvalue weighted by Crippen LogP contribution is 2.43. The average Bonchev–Trinajstić information content (AvgIpc) is 2.32. The summed E-state index contributed by atoms with van der Waals surface area (Å²) in [6.45, 7) is 2.12. The molecule has 0 spiro atoms. The lowest BCUT2D eigenvalue weighted by Gasteiger charge is -2.39. The van der Waals surface area contributed by atoms with E-state index < -0.39 is 0 Å². The average molecular weight is 164 g/mol. The first-order valence-electron chi connectivity index (χ1n) is 4.78. The molecule has 12 heavy (non-hydrogen) atoms. The molecule has 2 aliphatic rings. The zero-order chi connectivity index (χ0) is 8.77. The second-order valence-electron chi connectivity index (χ2n) is 4.63. The lowest BCUT2D eigenvalue weighted by atomic mass is 9.78. The highest BCUT2D eigenvalue weighted by atomic mass is 15.2. The number of hydrogen-bond donors (Lipinski definition) is 0. The van der Waals surface area contributed by atoms with Crippen LogP contribution in [0.1, 0.15) is 32.6 Å². The van der Waals surface area contributed by atoms with Crippen LogP contribution in [-0.2, 0) is 0 Å². The zero-order valence-corrected chi connectivity index (χ0v) is 7.88. The van der Waals surface area contributed by atoms with Crippen molar-refractivity contribution in [3.8, 4) is 6.07 Å². The number of nitrogens with zero attached hydrogens (tertiary/aromatic N) is 2. The first-order valence-corrected chi connectivity index (χ1v) is 4.78. The smallest absolute Gasteiger partial charge is 0.0688 e. The molecule has 0 aromatic carbocycles. The van der Waals surface area contributed by atoms with Gasteiger partial charge in [0.2, 0.25) is 0 Å². The Balaban J connectivity index is 2.18. The van der Waals surface area contributed by atoms with Crippen LogP contribution in [0, 0.1) is 16.7 Å². The molecule has 2 heteroatoms. The molecule has 0 aromatic rings. The van der Waals surface area contributed by atoms with Crippen LogP contribution in [-0.4, -0.2) is 24.0 Å². The Morgan fingerprint density at radius 1 is 1.33 bits per heavy atom. The maximum absolute atomic E-state index is 9.03. The number of rotatable bonds is 0. The van der Waals surface area contributed by atoms with E-state index in [1.54, 1.807) is 0 Å². The first-order chi connectivity index (χ1) is 5.64. The molecule has 2 heterocycles. The lowest BCUT2D eigenvalue weighted by molar-refractivity contribution is 0.107. The molecule has 0 N–H and O–H groups in total. The van der Waals surface area contributed by atoms with Crippen LogP contribution in [0.3, 0.4) is 0 Å². The number of hydrogen-bond acceptors (Lipinski definition) is 2. The molecule has 0 amide bonds. The highest BCUT2D eigenvalue weighted by molar-refractivity contribution is 5.07. The van der Waals surface area contributed by atoms with Crippen LogP contribution in [0.4, 0.5) is 0 Å². The maximum atomic E-state index is 9.03. The summed E-state index contributed by atoms with van der Waals surface area (Å²) in [7, 11) is 2.21. The summed E-state index contributed by atoms with van der Waals surface area (Å²) in [5, 5.41) is 9.03. The van der Waals surface area contributed by atoms with Gasteiger partial charge >= 0.3 is 0 Å². The first kappa shape index (κ1) is 8.07. The highest BCUT2D eigenvalue weighted by Gasteiger charge is 2.44. The van der Waals surface area contributed by atoms with Gasteiger partial charge in [-0.05, 0) is 39.7 Å². The minimum absolute atomic E-state index is 0.0294. The van der Waals surface area contributed by atoms with Crippen LogP contribution in [0.2, 0.25) is 0 Å². The summed E-state index contributed by atoms with van der Waals surface area (Å²) in [4.78, 5) is 2.47. The van der Waals surface area contributed by atoms with Crippen molar-refractivity contribution in [2.45, 2.75) is 44.7 Å². The lowest BCUT2D eigenvalue weighted by Crippen LogP contribution is -2.43. The molecule has 0 saturated carbocycles. The normalized spacial score (nSPS) is 47.4. The molecule has 0 aliphatic carbocycles. The van der Waals surface area contributed by atoms with Gasteiger partial charge in [-0.2, -0.15) is 5.26 Å². The van der Waals surface area contributed by atoms with Gasteiger partial charge < -0.3 is 4.90 Å². The molecule has 2 unspecified atom stereocenters. The van der Waals surface area contributed by atoms with Crippen molar-refractivity contribution in [1.82, 2.24) is 4.90 Å². The molecule has 2 aliphatic heterocycles. The number of fused-ring (bicyclic) bond motifs is 2. The Kier molecular flexibility index (Phi) is 1.66. The van der Waals surface area contributed by atoms with Gasteiger partial charge in [0, 0.05) is 12.1 Å². The maximum Gasteiger partial charge on any atom is 0.0688 e. The van der Waals surface area contributed by atoms with Gasteiger partial charge in [-0.3, -0.25) is 0 Å². The Labute approximate surface area is 74.2 Å². The van der Waals surface area contributed by atoms with E-state index >= 15 is 0 Å². The quantitative estimate of drug-likeness (QED) is 0.545. The Morgan fingerprint density at radius 3 is 2.25 bits per heavy atom. The van der Waals surface area contributed by atoms with E-state index in [0.29, 0.717) is 12.1 Å². The summed E-state index contributed by atoms with van der Waals surface area (Å²) < 4.78 is 0. The molecule has 66 valence electrons. The summed E-state index contributed by atoms with van der Waals surface area (Å²) in [5.74, 6) is 0. The van der Waals surface area contributed by atoms with Crippen molar-refractivity contribution in [1.29, 1.82) is 5.26 Å². The topological polar surface area (TPSA) is 27.0 Å². The van der Waals surface area contributed by atoms with Gasteiger partial charge in [0.05, 0.1) is 11.5 Å². The second kappa shape index (κ2) is 2.47. The molecular weight excluding hydrogens is 148 g/mol. The number of piperidine rings is 1. The molecule has 0 radical (unpaired) electrons. The monoisotopic (exact) mass is 164 g/mol. The van der Waals surface area contributed by atoms with E-state index in [9.17, 15) is 0 Å². The van der Waals surface area contributed by atoms with Crippen molar-refractivity contribution in [3.05, 3.63) is 0 Å². The fourth-order valence-electron chi connectivity index (χ4n) is 2.80. The van der Waals surface area contributed by atoms with Gasteiger partial charge in [-0.1, -0.05) is 0 Å². The minimum Gasteiger partial charge on any atom is -0.300 e. The SMILES string of the molecule is CN1C2CCC1CC(C)(C#N)C2. The van der Waals surface area contributed by atoms with Gasteiger partial charge in [0.25, 0.3) is 0 Å². The Bertz CT molecular complexity index is 214. The van der Waals surface area contributed by atoms with Crippen molar-refractivity contribution in [2.75, 3.05) is 7.05 Å². The van der Waals surface area contributed by atoms with E-state index in [0.717, 1.165) is 12.8 Å². The molecule has 2 fully saturated rings. The van der Waals surface area contributed by atoms with Gasteiger partial charge in [-0.25, -0.2) is 0 Å². The van der Waals surface area contributed by atoms with E-state index in [2.05, 4.69) is 24.9 Å². The standard InChI is InChI=1S/C10H16N2/c1-10(7-11)5-8-3-4-9(6-10)12(8)2/h8-9H,3-6H2,1-2H3. The fourth-order valence-corrected chi connectivity index (χ4v) is 2.80. The van der Waals surface area contributed by atoms with Gasteiger partial charge in [0.15, 0.2) is 0 Å². The van der Waals surface area contributed by atoms with Crippen molar-refractivity contribution in [2.24, 2.45) is 5.41 Å². The zero-order valence-electron chi connectivity index (χ0n) is 7.88. The van der Waals surface area contributed by atoms with E-state index in [-0.39, 0.29) is 5.41 Å². The molecule has 2 rings (SSSR count).